The number of aryl methyl sites for hydroxylation is 1. The Bertz CT molecular complexity index is 1160. The molecule has 5 nitrogen and oxygen atoms in total. The average Bonchev–Trinajstić information content (AvgIpc) is 3.09. The van der Waals surface area contributed by atoms with Crippen LogP contribution in [0.4, 0.5) is 20.7 Å². The quantitative estimate of drug-likeness (QED) is 0.400. The lowest BCUT2D eigenvalue weighted by Crippen LogP contribution is -2.19. The van der Waals surface area contributed by atoms with E-state index in [1.165, 1.54) is 0 Å². The zero-order chi connectivity index (χ0) is 19.7. The fourth-order valence-corrected chi connectivity index (χ4v) is 3.18. The molecule has 0 unspecified atom stereocenters. The van der Waals surface area contributed by atoms with E-state index in [4.69, 9.17) is 11.6 Å². The molecule has 1 heterocycles. The fourth-order valence-electron chi connectivity index (χ4n) is 2.92. The third-order valence-corrected chi connectivity index (χ3v) is 4.74. The van der Waals surface area contributed by atoms with Crippen LogP contribution in [0.5, 0.6) is 0 Å². The number of halogens is 2. The summed E-state index contributed by atoms with van der Waals surface area (Å²) >= 11 is 6.22. The van der Waals surface area contributed by atoms with Crippen molar-refractivity contribution in [1.29, 1.82) is 0 Å². The van der Waals surface area contributed by atoms with Crippen molar-refractivity contribution in [3.63, 3.8) is 0 Å². The standard InChI is InChI=1S/C21H16ClFN4O/c1-12-7-9-14(10-8-12)24-21(28)25-20-16-11-15(13-5-3-2-4-6-13)17(22)18(23)19(16)26-27-20/h2-11H,1H3,(H3,24,25,26,27,28). The summed E-state index contributed by atoms with van der Waals surface area (Å²) in [5.74, 6) is -0.398. The predicted octanol–water partition coefficient (Wildman–Crippen LogP) is 5.97. The molecule has 2 amide bonds. The van der Waals surface area contributed by atoms with Gasteiger partial charge in [-0.1, -0.05) is 59.6 Å². The van der Waals surface area contributed by atoms with Gasteiger partial charge in [-0.2, -0.15) is 5.10 Å². The van der Waals surface area contributed by atoms with Crippen molar-refractivity contribution in [1.82, 2.24) is 10.2 Å². The Kier molecular flexibility index (Phi) is 4.71. The number of urea groups is 1. The maximum absolute atomic E-state index is 14.7. The van der Waals surface area contributed by atoms with Crippen LogP contribution in [-0.4, -0.2) is 16.2 Å². The summed E-state index contributed by atoms with van der Waals surface area (Å²) < 4.78 is 14.7. The molecule has 28 heavy (non-hydrogen) atoms. The van der Waals surface area contributed by atoms with Crippen molar-refractivity contribution in [3.8, 4) is 11.1 Å². The van der Waals surface area contributed by atoms with Crippen LogP contribution in [-0.2, 0) is 0 Å². The van der Waals surface area contributed by atoms with E-state index < -0.39 is 11.8 Å². The van der Waals surface area contributed by atoms with Crippen molar-refractivity contribution < 1.29 is 9.18 Å². The van der Waals surface area contributed by atoms with Gasteiger partial charge in [-0.25, -0.2) is 9.18 Å². The topological polar surface area (TPSA) is 69.8 Å². The number of aromatic nitrogens is 2. The molecule has 0 atom stereocenters. The zero-order valence-electron chi connectivity index (χ0n) is 14.9. The molecule has 0 spiro atoms. The Morgan fingerprint density at radius 2 is 1.79 bits per heavy atom. The molecule has 3 N–H and O–H groups in total. The van der Waals surface area contributed by atoms with Gasteiger partial charge in [0, 0.05) is 16.6 Å². The number of aromatic amines is 1. The second-order valence-corrected chi connectivity index (χ2v) is 6.74. The van der Waals surface area contributed by atoms with Gasteiger partial charge >= 0.3 is 6.03 Å². The summed E-state index contributed by atoms with van der Waals surface area (Å²) in [6.45, 7) is 1.96. The molecule has 140 valence electrons. The Labute approximate surface area is 165 Å². The number of hydrogen-bond donors (Lipinski definition) is 3. The first-order chi connectivity index (χ1) is 13.5. The smallest absolute Gasteiger partial charge is 0.308 e. The minimum atomic E-state index is -0.613. The van der Waals surface area contributed by atoms with E-state index in [2.05, 4.69) is 20.8 Å². The molecule has 0 saturated carbocycles. The Balaban J connectivity index is 1.67. The monoisotopic (exact) mass is 394 g/mol. The summed E-state index contributed by atoms with van der Waals surface area (Å²) in [5.41, 5.74) is 3.16. The number of amides is 2. The molecule has 0 radical (unpaired) electrons. The second-order valence-electron chi connectivity index (χ2n) is 6.36. The van der Waals surface area contributed by atoms with E-state index in [0.717, 1.165) is 11.1 Å². The first-order valence-corrected chi connectivity index (χ1v) is 8.97. The third kappa shape index (κ3) is 3.42. The summed E-state index contributed by atoms with van der Waals surface area (Å²) in [4.78, 5) is 12.3. The van der Waals surface area contributed by atoms with Crippen LogP contribution in [0.15, 0.2) is 60.7 Å². The molecule has 0 fully saturated rings. The van der Waals surface area contributed by atoms with Gasteiger partial charge in [0.15, 0.2) is 11.6 Å². The average molecular weight is 395 g/mol. The van der Waals surface area contributed by atoms with Gasteiger partial charge < -0.3 is 5.32 Å². The second kappa shape index (κ2) is 7.32. The molecule has 0 aliphatic heterocycles. The molecular weight excluding hydrogens is 379 g/mol. The van der Waals surface area contributed by atoms with Crippen LogP contribution in [0.3, 0.4) is 0 Å². The van der Waals surface area contributed by atoms with E-state index in [9.17, 15) is 9.18 Å². The Morgan fingerprint density at radius 1 is 1.07 bits per heavy atom. The molecule has 0 saturated heterocycles. The van der Waals surface area contributed by atoms with Crippen molar-refractivity contribution in [2.75, 3.05) is 10.6 Å². The lowest BCUT2D eigenvalue weighted by Gasteiger charge is -2.08. The number of carbonyl (C=O) groups excluding carboxylic acids is 1. The highest BCUT2D eigenvalue weighted by atomic mass is 35.5. The molecular formula is C21H16ClFN4O. The van der Waals surface area contributed by atoms with Crippen molar-refractivity contribution >= 4 is 40.0 Å². The Morgan fingerprint density at radius 3 is 2.50 bits per heavy atom. The van der Waals surface area contributed by atoms with Gasteiger partial charge in [-0.05, 0) is 30.7 Å². The largest absolute Gasteiger partial charge is 0.324 e. The molecule has 0 aliphatic rings. The molecule has 3 aromatic carbocycles. The van der Waals surface area contributed by atoms with Gasteiger partial charge in [0.2, 0.25) is 0 Å². The molecule has 0 bridgehead atoms. The molecule has 7 heteroatoms. The number of nitrogens with zero attached hydrogens (tertiary/aromatic N) is 1. The number of benzene rings is 3. The maximum atomic E-state index is 14.7. The van der Waals surface area contributed by atoms with Crippen LogP contribution in [0.25, 0.3) is 22.0 Å². The summed E-state index contributed by atoms with van der Waals surface area (Å²) in [6, 6.07) is 17.8. The van der Waals surface area contributed by atoms with Gasteiger partial charge in [0.05, 0.1) is 5.02 Å². The number of nitrogens with one attached hydrogen (secondary N) is 3. The van der Waals surface area contributed by atoms with Crippen molar-refractivity contribution in [2.45, 2.75) is 6.92 Å². The highest BCUT2D eigenvalue weighted by Gasteiger charge is 2.18. The highest BCUT2D eigenvalue weighted by molar-refractivity contribution is 6.34. The number of hydrogen-bond acceptors (Lipinski definition) is 2. The molecule has 4 aromatic rings. The molecule has 0 aliphatic carbocycles. The van der Waals surface area contributed by atoms with Gasteiger partial charge in [0.1, 0.15) is 5.52 Å². The van der Waals surface area contributed by atoms with Crippen molar-refractivity contribution in [3.05, 3.63) is 77.1 Å². The number of carbonyl (C=O) groups is 1. The molecule has 4 rings (SSSR count). The normalized spacial score (nSPS) is 10.8. The summed E-state index contributed by atoms with van der Waals surface area (Å²) in [5, 5.41) is 12.4. The minimum absolute atomic E-state index is 0.00185. The van der Waals surface area contributed by atoms with Crippen molar-refractivity contribution in [2.24, 2.45) is 0 Å². The highest BCUT2D eigenvalue weighted by Crippen LogP contribution is 2.36. The number of rotatable bonds is 3. The summed E-state index contributed by atoms with van der Waals surface area (Å²) in [7, 11) is 0. The first-order valence-electron chi connectivity index (χ1n) is 8.59. The Hall–Kier alpha value is -3.38. The number of H-pyrrole nitrogens is 1. The molecule has 1 aromatic heterocycles. The lowest BCUT2D eigenvalue weighted by molar-refractivity contribution is 0.262. The van der Waals surface area contributed by atoms with E-state index in [0.29, 0.717) is 16.6 Å². The number of fused-ring (bicyclic) bond motifs is 1. The first kappa shape index (κ1) is 18.0. The van der Waals surface area contributed by atoms with Crippen LogP contribution in [0.2, 0.25) is 5.02 Å². The summed E-state index contributed by atoms with van der Waals surface area (Å²) in [6.07, 6.45) is 0. The van der Waals surface area contributed by atoms with Crippen LogP contribution in [0, 0.1) is 12.7 Å². The third-order valence-electron chi connectivity index (χ3n) is 4.37. The van der Waals surface area contributed by atoms with E-state index in [1.807, 2.05) is 49.4 Å². The van der Waals surface area contributed by atoms with Crippen LogP contribution >= 0.6 is 11.6 Å². The lowest BCUT2D eigenvalue weighted by atomic mass is 10.0. The van der Waals surface area contributed by atoms with Gasteiger partial charge in [-0.3, -0.25) is 10.4 Å². The van der Waals surface area contributed by atoms with E-state index in [1.54, 1.807) is 18.2 Å². The van der Waals surface area contributed by atoms with Gasteiger partial charge in [-0.15, -0.1) is 0 Å². The number of anilines is 2. The van der Waals surface area contributed by atoms with Crippen LogP contribution < -0.4 is 10.6 Å². The van der Waals surface area contributed by atoms with Crippen LogP contribution in [0.1, 0.15) is 5.56 Å². The van der Waals surface area contributed by atoms with E-state index in [-0.39, 0.29) is 16.4 Å². The zero-order valence-corrected chi connectivity index (χ0v) is 15.6. The fraction of sp³-hybridized carbons (Fsp3) is 0.0476. The van der Waals surface area contributed by atoms with Gasteiger partial charge in [0.25, 0.3) is 0 Å². The predicted molar refractivity (Wildman–Crippen MR) is 110 cm³/mol. The van der Waals surface area contributed by atoms with E-state index >= 15 is 0 Å². The minimum Gasteiger partial charge on any atom is -0.308 e. The SMILES string of the molecule is Cc1ccc(NC(=O)Nc2n[nH]c3c(F)c(Cl)c(-c4ccccc4)cc23)cc1. The maximum Gasteiger partial charge on any atom is 0.324 e.